The summed E-state index contributed by atoms with van der Waals surface area (Å²) in [5.74, 6) is -4.23. The molecule has 5 rings (SSSR count). The Balaban J connectivity index is 1.20. The van der Waals surface area contributed by atoms with Crippen LogP contribution in [0.2, 0.25) is 0 Å². The number of aliphatic hydroxyl groups excluding tert-OH is 5. The van der Waals surface area contributed by atoms with Crippen LogP contribution in [0.1, 0.15) is 90.5 Å². The summed E-state index contributed by atoms with van der Waals surface area (Å²) in [5.41, 5.74) is 0.877. The van der Waals surface area contributed by atoms with Crippen LogP contribution < -0.4 is 16.0 Å². The van der Waals surface area contributed by atoms with E-state index in [1.165, 1.54) is 13.8 Å². The van der Waals surface area contributed by atoms with Gasteiger partial charge in [0.1, 0.15) is 55.9 Å². The molecule has 22 heteroatoms. The maximum absolute atomic E-state index is 13.9. The average molecular weight is 998 g/mol. The first-order valence-electron chi connectivity index (χ1n) is 24.6. The minimum absolute atomic E-state index is 0.0440. The summed E-state index contributed by atoms with van der Waals surface area (Å²) in [6, 6.07) is 7.95. The topological polar surface area (TPSA) is 317 Å². The molecule has 2 saturated carbocycles. The molecule has 396 valence electrons. The van der Waals surface area contributed by atoms with Gasteiger partial charge in [-0.25, -0.2) is 4.79 Å². The third-order valence-corrected chi connectivity index (χ3v) is 13.4. The van der Waals surface area contributed by atoms with Crippen LogP contribution in [-0.2, 0) is 68.5 Å². The van der Waals surface area contributed by atoms with Crippen molar-refractivity contribution in [1.29, 1.82) is 0 Å². The first-order chi connectivity index (χ1) is 33.6. The van der Waals surface area contributed by atoms with Gasteiger partial charge in [-0.2, -0.15) is 0 Å². The maximum Gasteiger partial charge on any atom is 0.332 e. The zero-order valence-electron chi connectivity index (χ0n) is 40.3. The fourth-order valence-electron chi connectivity index (χ4n) is 9.51. The molecule has 0 bridgehead atoms. The molecule has 2 heterocycles. The smallest absolute Gasteiger partial charge is 0.332 e. The number of aliphatic carboxylic acids is 1. The molecule has 15 atom stereocenters. The maximum atomic E-state index is 13.9. The molecular formula is C48H75N3O19. The number of rotatable bonds is 26. The lowest BCUT2D eigenvalue weighted by Crippen LogP contribution is -2.67. The number of nitrogens with one attached hydrogen (secondary N) is 3. The Bertz CT molecular complexity index is 1770. The zero-order valence-corrected chi connectivity index (χ0v) is 40.3. The molecule has 70 heavy (non-hydrogen) atoms. The SMILES string of the molecule is CC[C@@H]1CC(C(=O)NCCNC(=O)COCCOCCC(=O)OCc2ccccc2)C[C@@H](O[C@@H]2OC(CO)[C@H](O)C(O[C@@H](CC3CCCCC3)C(=O)O)C2NC(C)=O)C1O[C@@H]1OC(C)[C@@H](O)C(O)C1O. The van der Waals surface area contributed by atoms with Crippen LogP contribution in [0.4, 0.5) is 0 Å². The predicted molar refractivity (Wildman–Crippen MR) is 244 cm³/mol. The van der Waals surface area contributed by atoms with E-state index < -0.39 is 128 Å². The number of aliphatic hydroxyl groups is 5. The molecule has 0 aromatic heterocycles. The second-order valence-electron chi connectivity index (χ2n) is 18.6. The summed E-state index contributed by atoms with van der Waals surface area (Å²) in [5, 5.41) is 72.4. The van der Waals surface area contributed by atoms with E-state index in [4.69, 9.17) is 37.9 Å². The highest BCUT2D eigenvalue weighted by Crippen LogP contribution is 2.40. The number of carboxylic acids is 1. The number of esters is 1. The summed E-state index contributed by atoms with van der Waals surface area (Å²) in [7, 11) is 0. The Labute approximate surface area is 408 Å². The van der Waals surface area contributed by atoms with Crippen molar-refractivity contribution in [3.63, 3.8) is 0 Å². The lowest BCUT2D eigenvalue weighted by molar-refractivity contribution is -0.338. The van der Waals surface area contributed by atoms with Crippen molar-refractivity contribution in [2.24, 2.45) is 17.8 Å². The molecule has 22 nitrogen and oxygen atoms in total. The third-order valence-electron chi connectivity index (χ3n) is 13.4. The quantitative estimate of drug-likeness (QED) is 0.0429. The number of hydrogen-bond donors (Lipinski definition) is 9. The monoisotopic (exact) mass is 997 g/mol. The van der Waals surface area contributed by atoms with E-state index in [0.717, 1.165) is 37.7 Å². The number of benzene rings is 1. The molecule has 2 aliphatic carbocycles. The van der Waals surface area contributed by atoms with E-state index in [-0.39, 0.29) is 77.7 Å². The third kappa shape index (κ3) is 17.1. The largest absolute Gasteiger partial charge is 0.479 e. The van der Waals surface area contributed by atoms with Gasteiger partial charge in [0.15, 0.2) is 18.7 Å². The number of hydrogen-bond acceptors (Lipinski definition) is 18. The van der Waals surface area contributed by atoms with Crippen molar-refractivity contribution < 1.29 is 92.5 Å². The summed E-state index contributed by atoms with van der Waals surface area (Å²) < 4.78 is 47.1. The van der Waals surface area contributed by atoms with Crippen LogP contribution in [0.5, 0.6) is 0 Å². The molecule has 3 amide bonds. The number of carboxylic acid groups (broad SMARTS) is 1. The van der Waals surface area contributed by atoms with Gasteiger partial charge in [0, 0.05) is 25.9 Å². The van der Waals surface area contributed by atoms with E-state index in [2.05, 4.69) is 16.0 Å². The van der Waals surface area contributed by atoms with E-state index in [1.54, 1.807) is 0 Å². The molecule has 0 radical (unpaired) electrons. The molecule has 4 aliphatic rings. The van der Waals surface area contributed by atoms with E-state index in [1.807, 2.05) is 37.3 Å². The van der Waals surface area contributed by atoms with Crippen molar-refractivity contribution >= 4 is 29.7 Å². The van der Waals surface area contributed by atoms with Crippen LogP contribution in [0.15, 0.2) is 30.3 Å². The minimum Gasteiger partial charge on any atom is -0.479 e. The van der Waals surface area contributed by atoms with Gasteiger partial charge in [-0.3, -0.25) is 19.2 Å². The van der Waals surface area contributed by atoms with Gasteiger partial charge in [0.25, 0.3) is 0 Å². The zero-order chi connectivity index (χ0) is 50.7. The highest BCUT2D eigenvalue weighted by atomic mass is 16.7. The van der Waals surface area contributed by atoms with Crippen LogP contribution in [-0.4, -0.2) is 186 Å². The Morgan fingerprint density at radius 2 is 1.53 bits per heavy atom. The van der Waals surface area contributed by atoms with Gasteiger partial charge in [-0.15, -0.1) is 0 Å². The van der Waals surface area contributed by atoms with Crippen molar-refractivity contribution in [2.45, 2.75) is 171 Å². The van der Waals surface area contributed by atoms with Crippen molar-refractivity contribution in [3.05, 3.63) is 35.9 Å². The van der Waals surface area contributed by atoms with E-state index >= 15 is 0 Å². The lowest BCUT2D eigenvalue weighted by atomic mass is 9.75. The summed E-state index contributed by atoms with van der Waals surface area (Å²) in [6.07, 6.45) is -11.1. The molecule has 0 spiro atoms. The number of ether oxygens (including phenoxy) is 8. The highest BCUT2D eigenvalue weighted by Gasteiger charge is 2.53. The van der Waals surface area contributed by atoms with Crippen LogP contribution >= 0.6 is 0 Å². The molecule has 1 aromatic rings. The number of carbonyl (C=O) groups is 5. The summed E-state index contributed by atoms with van der Waals surface area (Å²) in [4.78, 5) is 63.7. The van der Waals surface area contributed by atoms with Gasteiger partial charge in [0.05, 0.1) is 51.2 Å². The Hall–Kier alpha value is -3.91. The van der Waals surface area contributed by atoms with Gasteiger partial charge in [-0.05, 0) is 43.6 Å². The molecular weight excluding hydrogens is 923 g/mol. The Kier molecular flexibility index (Phi) is 23.6. The normalized spacial score (nSPS) is 32.1. The fourth-order valence-corrected chi connectivity index (χ4v) is 9.51. The molecule has 2 aliphatic heterocycles. The van der Waals surface area contributed by atoms with E-state index in [9.17, 15) is 54.6 Å². The summed E-state index contributed by atoms with van der Waals surface area (Å²) >= 11 is 0. The molecule has 9 N–H and O–H groups in total. The average Bonchev–Trinajstić information content (AvgIpc) is 3.34. The predicted octanol–water partition coefficient (Wildman–Crippen LogP) is -0.189. The highest BCUT2D eigenvalue weighted by molar-refractivity contribution is 5.79. The van der Waals surface area contributed by atoms with Gasteiger partial charge in [0.2, 0.25) is 17.7 Å². The van der Waals surface area contributed by atoms with Gasteiger partial charge < -0.3 is 84.5 Å². The second kappa shape index (κ2) is 29.0. The van der Waals surface area contributed by atoms with Crippen molar-refractivity contribution in [2.75, 3.05) is 46.1 Å². The lowest BCUT2D eigenvalue weighted by Gasteiger charge is -2.49. The first kappa shape index (κ1) is 57.0. The molecule has 2 saturated heterocycles. The first-order valence-corrected chi connectivity index (χ1v) is 24.6. The fraction of sp³-hybridized carbons (Fsp3) is 0.771. The Morgan fingerprint density at radius 3 is 2.21 bits per heavy atom. The number of amides is 3. The summed E-state index contributed by atoms with van der Waals surface area (Å²) in [6.45, 7) is 4.20. The second-order valence-corrected chi connectivity index (χ2v) is 18.6. The van der Waals surface area contributed by atoms with Crippen molar-refractivity contribution in [3.8, 4) is 0 Å². The molecule has 4 fully saturated rings. The van der Waals surface area contributed by atoms with Crippen LogP contribution in [0.3, 0.4) is 0 Å². The standard InChI is InChI=1S/C48H75N3O19/c1-4-31-22-32(45(60)50-17-16-49-36(54)26-64-20-19-63-18-15-37(55)65-25-30-13-9-6-10-14-30)23-33(43(31)70-48-42(59)41(58)39(56)27(2)66-48)68-47-38(51-28(3)53)44(40(57)35(24-52)69-47)67-34(46(61)62)21-29-11-7-5-8-12-29/h6,9-10,13-14,27,29,31-35,38-44,47-48,52,56-59H,4-5,7-8,11-12,15-26H2,1-3H3,(H,49,54)(H,50,60)(H,51,53)(H,61,62)/t27?,31-,32?,33-,34+,35?,38?,39-,40+,41?,42?,43?,44?,47-,48+/m1/s1. The van der Waals surface area contributed by atoms with Crippen molar-refractivity contribution in [1.82, 2.24) is 16.0 Å². The van der Waals surface area contributed by atoms with E-state index in [0.29, 0.717) is 6.42 Å². The minimum atomic E-state index is -1.69. The number of carbonyl (C=O) groups excluding carboxylic acids is 4. The van der Waals surface area contributed by atoms with Gasteiger partial charge in [-0.1, -0.05) is 75.8 Å². The Morgan fingerprint density at radius 1 is 0.814 bits per heavy atom. The van der Waals surface area contributed by atoms with Crippen LogP contribution in [0.25, 0.3) is 0 Å². The van der Waals surface area contributed by atoms with Crippen LogP contribution in [0, 0.1) is 17.8 Å². The molecule has 1 aromatic carbocycles. The van der Waals surface area contributed by atoms with Gasteiger partial charge >= 0.3 is 11.9 Å². The molecule has 8 unspecified atom stereocenters.